The summed E-state index contributed by atoms with van der Waals surface area (Å²) in [6.07, 6.45) is 3.39. The van der Waals surface area contributed by atoms with Crippen molar-refractivity contribution in [3.63, 3.8) is 0 Å². The van der Waals surface area contributed by atoms with Crippen molar-refractivity contribution in [3.8, 4) is 0 Å². The van der Waals surface area contributed by atoms with E-state index in [1.807, 2.05) is 32.0 Å². The summed E-state index contributed by atoms with van der Waals surface area (Å²) < 4.78 is 2.05. The molecule has 0 aliphatic carbocycles. The highest BCUT2D eigenvalue weighted by Crippen LogP contribution is 2.34. The summed E-state index contributed by atoms with van der Waals surface area (Å²) in [5, 5.41) is 0. The van der Waals surface area contributed by atoms with Crippen LogP contribution in [0.15, 0.2) is 64.4 Å². The van der Waals surface area contributed by atoms with E-state index < -0.39 is 0 Å². The number of thiocarbonyl (C=S) groups is 1. The molecule has 1 aromatic carbocycles. The monoisotopic (exact) mass is 505 g/mol. The van der Waals surface area contributed by atoms with Gasteiger partial charge in [0.05, 0.1) is 10.5 Å². The number of aromatic nitrogens is 2. The fourth-order valence-corrected chi connectivity index (χ4v) is 5.98. The maximum Gasteiger partial charge on any atom is 0.267 e. The molecule has 5 rings (SSSR count). The third kappa shape index (κ3) is 4.76. The number of hydrogen-bond acceptors (Lipinski definition) is 7. The number of amides is 1. The van der Waals surface area contributed by atoms with Gasteiger partial charge in [0.15, 0.2) is 0 Å². The van der Waals surface area contributed by atoms with Gasteiger partial charge in [-0.1, -0.05) is 60.4 Å². The summed E-state index contributed by atoms with van der Waals surface area (Å²) in [5.41, 5.74) is 2.11. The molecule has 4 heterocycles. The maximum absolute atomic E-state index is 13.6. The van der Waals surface area contributed by atoms with E-state index in [0.717, 1.165) is 32.7 Å². The average Bonchev–Trinajstić information content (AvgIpc) is 3.14. The zero-order valence-corrected chi connectivity index (χ0v) is 21.4. The average molecular weight is 506 g/mol. The number of fused-ring (bicyclic) bond motifs is 1. The summed E-state index contributed by atoms with van der Waals surface area (Å²) >= 11 is 6.68. The Hall–Kier alpha value is -3.01. The van der Waals surface area contributed by atoms with Gasteiger partial charge in [-0.3, -0.25) is 23.8 Å². The van der Waals surface area contributed by atoms with Crippen LogP contribution < -0.4 is 10.5 Å². The van der Waals surface area contributed by atoms with Crippen molar-refractivity contribution < 1.29 is 4.79 Å². The third-order valence-corrected chi connectivity index (χ3v) is 7.62. The molecule has 2 saturated heterocycles. The van der Waals surface area contributed by atoms with Crippen LogP contribution in [-0.2, 0) is 11.3 Å². The number of pyridine rings is 1. The molecule has 0 spiro atoms. The lowest BCUT2D eigenvalue weighted by Gasteiger charge is -2.36. The smallest absolute Gasteiger partial charge is 0.267 e. The zero-order valence-electron chi connectivity index (χ0n) is 19.8. The minimum atomic E-state index is -0.188. The molecule has 3 aromatic rings. The van der Waals surface area contributed by atoms with E-state index in [4.69, 9.17) is 17.2 Å². The van der Waals surface area contributed by atoms with Gasteiger partial charge >= 0.3 is 0 Å². The van der Waals surface area contributed by atoms with Crippen LogP contribution in [0.3, 0.4) is 0 Å². The van der Waals surface area contributed by atoms with Gasteiger partial charge < -0.3 is 4.90 Å². The number of anilines is 1. The number of nitrogens with zero attached hydrogens (tertiary/aromatic N) is 5. The van der Waals surface area contributed by atoms with Crippen LogP contribution in [0.1, 0.15) is 25.0 Å². The van der Waals surface area contributed by atoms with Crippen molar-refractivity contribution >= 4 is 51.7 Å². The Bertz CT molecular complexity index is 1360. The number of carbonyl (C=O) groups is 1. The standard InChI is InChI=1S/C26H27N5O2S2/c1-18(2)31-25(33)21(35-26(31)34)16-20-23(27-22-10-6-7-11-30(22)24(20)32)29-14-12-28(13-15-29)17-19-8-4-3-5-9-19/h3-11,16,18H,12-15,17H2,1-2H3. The zero-order chi connectivity index (χ0) is 24.5. The molecule has 2 aromatic heterocycles. The van der Waals surface area contributed by atoms with E-state index in [0.29, 0.717) is 26.3 Å². The van der Waals surface area contributed by atoms with Crippen molar-refractivity contribution in [1.82, 2.24) is 19.2 Å². The normalized spacial score (nSPS) is 18.4. The molecule has 0 N–H and O–H groups in total. The molecule has 7 nitrogen and oxygen atoms in total. The number of thioether (sulfide) groups is 1. The van der Waals surface area contributed by atoms with E-state index in [2.05, 4.69) is 34.1 Å². The van der Waals surface area contributed by atoms with Crippen LogP contribution in [0.5, 0.6) is 0 Å². The second kappa shape index (κ2) is 9.93. The second-order valence-corrected chi connectivity index (χ2v) is 10.7. The first-order valence-electron chi connectivity index (χ1n) is 11.7. The molecule has 2 aliphatic heterocycles. The summed E-state index contributed by atoms with van der Waals surface area (Å²) in [5.74, 6) is 0.460. The van der Waals surface area contributed by atoms with Crippen molar-refractivity contribution in [2.24, 2.45) is 0 Å². The van der Waals surface area contributed by atoms with E-state index in [1.165, 1.54) is 21.7 Å². The summed E-state index contributed by atoms with van der Waals surface area (Å²) in [7, 11) is 0. The Morgan fingerprint density at radius 1 is 1.03 bits per heavy atom. The molecule has 35 heavy (non-hydrogen) atoms. The summed E-state index contributed by atoms with van der Waals surface area (Å²) in [6, 6.07) is 15.9. The molecule has 2 fully saturated rings. The van der Waals surface area contributed by atoms with Gasteiger partial charge in [0.2, 0.25) is 0 Å². The van der Waals surface area contributed by atoms with Crippen LogP contribution in [0.2, 0.25) is 0 Å². The molecule has 0 bridgehead atoms. The fourth-order valence-electron chi connectivity index (χ4n) is 4.47. The Morgan fingerprint density at radius 2 is 1.74 bits per heavy atom. The highest BCUT2D eigenvalue weighted by molar-refractivity contribution is 8.26. The van der Waals surface area contributed by atoms with Crippen molar-refractivity contribution in [2.45, 2.75) is 26.4 Å². The van der Waals surface area contributed by atoms with Crippen molar-refractivity contribution in [2.75, 3.05) is 31.1 Å². The Kier molecular flexibility index (Phi) is 6.73. The van der Waals surface area contributed by atoms with E-state index in [-0.39, 0.29) is 17.5 Å². The van der Waals surface area contributed by atoms with Gasteiger partial charge in [-0.05, 0) is 37.6 Å². The molecule has 2 aliphatic rings. The molecule has 0 radical (unpaired) electrons. The SMILES string of the molecule is CC(C)N1C(=O)C(=Cc2c(N3CCN(Cc4ccccc4)CC3)nc3ccccn3c2=O)SC1=S. The predicted octanol–water partition coefficient (Wildman–Crippen LogP) is 3.63. The highest BCUT2D eigenvalue weighted by Gasteiger charge is 2.34. The first kappa shape index (κ1) is 23.7. The van der Waals surface area contributed by atoms with Gasteiger partial charge in [-0.2, -0.15) is 0 Å². The van der Waals surface area contributed by atoms with Gasteiger partial charge in [-0.25, -0.2) is 4.98 Å². The number of rotatable bonds is 5. The Balaban J connectivity index is 1.48. The fraction of sp³-hybridized carbons (Fsp3) is 0.308. The van der Waals surface area contributed by atoms with E-state index >= 15 is 0 Å². The van der Waals surface area contributed by atoms with Crippen molar-refractivity contribution in [3.05, 3.63) is 81.1 Å². The molecular weight excluding hydrogens is 478 g/mol. The van der Waals surface area contributed by atoms with E-state index in [9.17, 15) is 9.59 Å². The minimum Gasteiger partial charge on any atom is -0.353 e. The Morgan fingerprint density at radius 3 is 2.43 bits per heavy atom. The number of benzene rings is 1. The highest BCUT2D eigenvalue weighted by atomic mass is 32.2. The van der Waals surface area contributed by atoms with Crippen LogP contribution in [0.4, 0.5) is 5.82 Å². The number of hydrogen-bond donors (Lipinski definition) is 0. The first-order chi connectivity index (χ1) is 16.9. The molecule has 1 amide bonds. The maximum atomic E-state index is 13.6. The van der Waals surface area contributed by atoms with Crippen LogP contribution in [0, 0.1) is 0 Å². The van der Waals surface area contributed by atoms with Crippen LogP contribution in [-0.4, -0.2) is 61.6 Å². The topological polar surface area (TPSA) is 61.2 Å². The molecule has 0 unspecified atom stereocenters. The Labute approximate surface area is 214 Å². The van der Waals surface area contributed by atoms with Gasteiger partial charge in [-0.15, -0.1) is 0 Å². The lowest BCUT2D eigenvalue weighted by atomic mass is 10.2. The third-order valence-electron chi connectivity index (χ3n) is 6.29. The number of carbonyl (C=O) groups excluding carboxylic acids is 1. The summed E-state index contributed by atoms with van der Waals surface area (Å²) in [6.45, 7) is 7.97. The summed E-state index contributed by atoms with van der Waals surface area (Å²) in [4.78, 5) is 38.1. The molecule has 0 atom stereocenters. The minimum absolute atomic E-state index is 0.0404. The van der Waals surface area contributed by atoms with Crippen molar-refractivity contribution in [1.29, 1.82) is 0 Å². The van der Waals surface area contributed by atoms with Gasteiger partial charge in [0.25, 0.3) is 11.5 Å². The van der Waals surface area contributed by atoms with E-state index in [1.54, 1.807) is 23.2 Å². The van der Waals surface area contributed by atoms with Gasteiger partial charge in [0.1, 0.15) is 15.8 Å². The first-order valence-corrected chi connectivity index (χ1v) is 12.9. The second-order valence-electron chi connectivity index (χ2n) is 8.98. The lowest BCUT2D eigenvalue weighted by Crippen LogP contribution is -2.47. The molecule has 180 valence electrons. The van der Waals surface area contributed by atoms with Gasteiger partial charge in [0, 0.05) is 45.0 Å². The molecular formula is C26H27N5O2S2. The molecule has 0 saturated carbocycles. The lowest BCUT2D eigenvalue weighted by molar-refractivity contribution is -0.123. The van der Waals surface area contributed by atoms with Crippen LogP contribution in [0.25, 0.3) is 11.7 Å². The largest absolute Gasteiger partial charge is 0.353 e. The number of piperazine rings is 1. The predicted molar refractivity (Wildman–Crippen MR) is 146 cm³/mol. The quantitative estimate of drug-likeness (QED) is 0.388. The molecule has 9 heteroatoms. The van der Waals surface area contributed by atoms with Crippen LogP contribution >= 0.6 is 24.0 Å².